The molecule has 0 aliphatic heterocycles. The van der Waals surface area contributed by atoms with Gasteiger partial charge in [-0.1, -0.05) is 40.9 Å². The fourth-order valence-electron chi connectivity index (χ4n) is 2.11. The SMILES string of the molecule is CNS(=O)(=O)c1c(Cl)ccc(N(C(N)=O)c2cccc(Cl)c2Cl)c1O. The van der Waals surface area contributed by atoms with Gasteiger partial charge in [0.25, 0.3) is 0 Å². The van der Waals surface area contributed by atoms with Crippen LogP contribution in [0.25, 0.3) is 0 Å². The summed E-state index contributed by atoms with van der Waals surface area (Å²) >= 11 is 17.9. The molecule has 0 spiro atoms. The minimum absolute atomic E-state index is 0.00431. The van der Waals surface area contributed by atoms with Crippen LogP contribution in [0.5, 0.6) is 5.75 Å². The maximum atomic E-state index is 12.1. The van der Waals surface area contributed by atoms with Crippen molar-refractivity contribution in [3.8, 4) is 5.75 Å². The summed E-state index contributed by atoms with van der Waals surface area (Å²) in [6.45, 7) is 0. The summed E-state index contributed by atoms with van der Waals surface area (Å²) < 4.78 is 26.3. The molecule has 0 aliphatic rings. The van der Waals surface area contributed by atoms with Crippen LogP contribution >= 0.6 is 34.8 Å². The first-order chi connectivity index (χ1) is 11.6. The van der Waals surface area contributed by atoms with Crippen LogP contribution in [0.3, 0.4) is 0 Å². The van der Waals surface area contributed by atoms with Gasteiger partial charge in [-0.25, -0.2) is 17.9 Å². The number of rotatable bonds is 4. The van der Waals surface area contributed by atoms with Gasteiger partial charge in [-0.05, 0) is 31.3 Å². The number of amides is 2. The Kier molecular flexibility index (Phi) is 5.70. The van der Waals surface area contributed by atoms with Crippen LogP contribution in [0, 0.1) is 0 Å². The summed E-state index contributed by atoms with van der Waals surface area (Å²) in [7, 11) is -2.96. The van der Waals surface area contributed by atoms with E-state index in [1.165, 1.54) is 30.3 Å². The normalized spacial score (nSPS) is 11.4. The summed E-state index contributed by atoms with van der Waals surface area (Å²) in [5.41, 5.74) is 5.23. The van der Waals surface area contributed by atoms with Gasteiger partial charge in [0.1, 0.15) is 4.90 Å². The van der Waals surface area contributed by atoms with Crippen LogP contribution < -0.4 is 15.4 Å². The number of nitrogens with zero attached hydrogens (tertiary/aromatic N) is 1. The molecular formula is C14H12Cl3N3O4S. The molecule has 0 saturated carbocycles. The molecule has 0 aromatic heterocycles. The summed E-state index contributed by atoms with van der Waals surface area (Å²) in [4.78, 5) is 12.2. The third kappa shape index (κ3) is 3.63. The van der Waals surface area contributed by atoms with Gasteiger partial charge in [0.2, 0.25) is 10.0 Å². The fraction of sp³-hybridized carbons (Fsp3) is 0.0714. The summed E-state index contributed by atoms with van der Waals surface area (Å²) in [6, 6.07) is 5.85. The highest BCUT2D eigenvalue weighted by Crippen LogP contribution is 2.43. The number of hydrogen-bond acceptors (Lipinski definition) is 4. The van der Waals surface area contributed by atoms with Gasteiger partial charge in [-0.2, -0.15) is 0 Å². The number of halogens is 3. The second-order valence-corrected chi connectivity index (χ2v) is 7.71. The second-order valence-electron chi connectivity index (χ2n) is 4.70. The van der Waals surface area contributed by atoms with Crippen LogP contribution in [0.15, 0.2) is 35.2 Å². The van der Waals surface area contributed by atoms with Gasteiger partial charge >= 0.3 is 6.03 Å². The Morgan fingerprint density at radius 3 is 2.32 bits per heavy atom. The second kappa shape index (κ2) is 7.27. The van der Waals surface area contributed by atoms with Crippen molar-refractivity contribution in [1.29, 1.82) is 0 Å². The molecule has 25 heavy (non-hydrogen) atoms. The number of aromatic hydroxyl groups is 1. The number of primary amides is 1. The van der Waals surface area contributed by atoms with Crippen molar-refractivity contribution >= 4 is 62.2 Å². The van der Waals surface area contributed by atoms with Crippen molar-refractivity contribution in [1.82, 2.24) is 4.72 Å². The average molecular weight is 425 g/mol. The third-order valence-corrected chi connectivity index (χ3v) is 5.96. The van der Waals surface area contributed by atoms with E-state index >= 15 is 0 Å². The molecule has 0 heterocycles. The maximum absolute atomic E-state index is 12.1. The molecular weight excluding hydrogens is 413 g/mol. The number of carbonyl (C=O) groups is 1. The number of sulfonamides is 1. The van der Waals surface area contributed by atoms with Crippen LogP contribution in [0.1, 0.15) is 0 Å². The van der Waals surface area contributed by atoms with Crippen LogP contribution in [0.4, 0.5) is 16.2 Å². The van der Waals surface area contributed by atoms with Crippen LogP contribution in [-0.4, -0.2) is 26.6 Å². The lowest BCUT2D eigenvalue weighted by molar-refractivity contribution is 0.256. The molecule has 2 aromatic carbocycles. The number of phenols is 1. The zero-order valence-corrected chi connectivity index (χ0v) is 15.7. The zero-order chi connectivity index (χ0) is 18.9. The number of hydrogen-bond donors (Lipinski definition) is 3. The molecule has 0 aliphatic carbocycles. The minimum atomic E-state index is -4.11. The van der Waals surface area contributed by atoms with E-state index in [0.29, 0.717) is 0 Å². The first-order valence-electron chi connectivity index (χ1n) is 6.60. The highest BCUT2D eigenvalue weighted by molar-refractivity contribution is 7.89. The van der Waals surface area contributed by atoms with Crippen molar-refractivity contribution in [3.63, 3.8) is 0 Å². The van der Waals surface area contributed by atoms with Crippen molar-refractivity contribution in [2.45, 2.75) is 4.90 Å². The van der Waals surface area contributed by atoms with Gasteiger partial charge in [0.05, 0.1) is 26.4 Å². The molecule has 0 saturated heterocycles. The van der Waals surface area contributed by atoms with E-state index in [1.807, 2.05) is 4.72 Å². The Hall–Kier alpha value is -1.71. The van der Waals surface area contributed by atoms with E-state index in [1.54, 1.807) is 0 Å². The Morgan fingerprint density at radius 1 is 1.12 bits per heavy atom. The van der Waals surface area contributed by atoms with E-state index in [-0.39, 0.29) is 26.4 Å². The lowest BCUT2D eigenvalue weighted by Crippen LogP contribution is -2.32. The average Bonchev–Trinajstić information content (AvgIpc) is 2.53. The number of phenolic OH excluding ortho intramolecular Hbond substituents is 1. The molecule has 11 heteroatoms. The Labute approximate surface area is 158 Å². The number of anilines is 2. The molecule has 0 fully saturated rings. The van der Waals surface area contributed by atoms with Crippen molar-refractivity contribution in [2.24, 2.45) is 5.73 Å². The van der Waals surface area contributed by atoms with Crippen LogP contribution in [-0.2, 0) is 10.0 Å². The number of urea groups is 1. The molecule has 2 aromatic rings. The van der Waals surface area contributed by atoms with Crippen molar-refractivity contribution < 1.29 is 18.3 Å². The van der Waals surface area contributed by atoms with Crippen molar-refractivity contribution in [2.75, 3.05) is 11.9 Å². The number of carbonyl (C=O) groups excluding carboxylic acids is 1. The largest absolute Gasteiger partial charge is 0.504 e. The first-order valence-corrected chi connectivity index (χ1v) is 9.22. The van der Waals surface area contributed by atoms with E-state index in [2.05, 4.69) is 0 Å². The summed E-state index contributed by atoms with van der Waals surface area (Å²) in [6.07, 6.45) is 0. The molecule has 134 valence electrons. The lowest BCUT2D eigenvalue weighted by atomic mass is 10.2. The lowest BCUT2D eigenvalue weighted by Gasteiger charge is -2.24. The minimum Gasteiger partial charge on any atom is -0.504 e. The Bertz CT molecular complexity index is 951. The third-order valence-electron chi connectivity index (χ3n) is 3.23. The molecule has 0 atom stereocenters. The fourth-order valence-corrected chi connectivity index (χ4v) is 3.83. The first kappa shape index (κ1) is 19.6. The molecule has 2 amide bonds. The van der Waals surface area contributed by atoms with E-state index in [9.17, 15) is 18.3 Å². The number of nitrogens with one attached hydrogen (secondary N) is 1. The Morgan fingerprint density at radius 2 is 1.76 bits per heavy atom. The van der Waals surface area contributed by atoms with Gasteiger partial charge < -0.3 is 10.8 Å². The van der Waals surface area contributed by atoms with Gasteiger partial charge in [-0.15, -0.1) is 0 Å². The molecule has 0 radical (unpaired) electrons. The number of benzene rings is 2. The molecule has 0 unspecified atom stereocenters. The van der Waals surface area contributed by atoms with E-state index < -0.39 is 26.7 Å². The summed E-state index contributed by atoms with van der Waals surface area (Å²) in [5, 5.41) is 10.3. The van der Waals surface area contributed by atoms with Gasteiger partial charge in [0, 0.05) is 0 Å². The van der Waals surface area contributed by atoms with Crippen LogP contribution in [0.2, 0.25) is 15.1 Å². The predicted octanol–water partition coefficient (Wildman–Crippen LogP) is 3.48. The van der Waals surface area contributed by atoms with E-state index in [0.717, 1.165) is 11.9 Å². The Balaban J connectivity index is 2.80. The van der Waals surface area contributed by atoms with Gasteiger partial charge in [0.15, 0.2) is 5.75 Å². The molecule has 2 rings (SSSR count). The zero-order valence-electron chi connectivity index (χ0n) is 12.6. The molecule has 7 nitrogen and oxygen atoms in total. The van der Waals surface area contributed by atoms with E-state index in [4.69, 9.17) is 40.5 Å². The quantitative estimate of drug-likeness (QED) is 0.697. The predicted molar refractivity (Wildman–Crippen MR) is 97.5 cm³/mol. The monoisotopic (exact) mass is 423 g/mol. The smallest absolute Gasteiger partial charge is 0.324 e. The molecule has 4 N–H and O–H groups in total. The highest BCUT2D eigenvalue weighted by Gasteiger charge is 2.29. The summed E-state index contributed by atoms with van der Waals surface area (Å²) in [5.74, 6) is -0.767. The maximum Gasteiger partial charge on any atom is 0.324 e. The molecule has 0 bridgehead atoms. The number of nitrogens with two attached hydrogens (primary N) is 1. The van der Waals surface area contributed by atoms with Gasteiger partial charge in [-0.3, -0.25) is 4.90 Å². The topological polar surface area (TPSA) is 113 Å². The standard InChI is InChI=1S/C14H12Cl3N3O4S/c1-19-25(23,24)13-8(16)5-6-10(12(13)21)20(14(18)22)9-4-2-3-7(15)11(9)17/h2-6,19,21H,1H3,(H2,18,22). The van der Waals surface area contributed by atoms with Crippen molar-refractivity contribution in [3.05, 3.63) is 45.4 Å². The highest BCUT2D eigenvalue weighted by atomic mass is 35.5.